The Morgan fingerprint density at radius 3 is 2.39 bits per heavy atom. The predicted molar refractivity (Wildman–Crippen MR) is 100 cm³/mol. The molecule has 1 atom stereocenters. The van der Waals surface area contributed by atoms with Crippen molar-refractivity contribution < 1.29 is 26.7 Å². The van der Waals surface area contributed by atoms with Crippen LogP contribution in [0.15, 0.2) is 53.4 Å². The van der Waals surface area contributed by atoms with Crippen molar-refractivity contribution in [3.05, 3.63) is 53.6 Å². The summed E-state index contributed by atoms with van der Waals surface area (Å²) in [7, 11) is -3.85. The lowest BCUT2D eigenvalue weighted by Gasteiger charge is -2.23. The smallest absolute Gasteiger partial charge is 0.387 e. The summed E-state index contributed by atoms with van der Waals surface area (Å²) in [6.45, 7) is -2.71. The third kappa shape index (κ3) is 4.60. The molecule has 2 aromatic carbocycles. The molecule has 1 aliphatic rings. The van der Waals surface area contributed by atoms with Crippen LogP contribution in [0.2, 0.25) is 5.02 Å². The van der Waals surface area contributed by atoms with E-state index in [4.69, 9.17) is 11.6 Å². The van der Waals surface area contributed by atoms with E-state index in [2.05, 4.69) is 10.1 Å². The molecule has 0 aliphatic carbocycles. The Morgan fingerprint density at radius 1 is 1.14 bits per heavy atom. The van der Waals surface area contributed by atoms with Crippen LogP contribution in [-0.4, -0.2) is 37.8 Å². The van der Waals surface area contributed by atoms with Crippen molar-refractivity contribution in [3.8, 4) is 5.75 Å². The number of anilines is 1. The lowest BCUT2D eigenvalue weighted by atomic mass is 10.2. The molecule has 10 heteroatoms. The highest BCUT2D eigenvalue weighted by molar-refractivity contribution is 7.89. The third-order valence-electron chi connectivity index (χ3n) is 4.27. The first-order valence-corrected chi connectivity index (χ1v) is 10.2. The Hall–Kier alpha value is -2.23. The zero-order chi connectivity index (χ0) is 20.3. The normalized spacial score (nSPS) is 17.6. The molecule has 1 heterocycles. The van der Waals surface area contributed by atoms with E-state index in [0.717, 1.165) is 0 Å². The minimum absolute atomic E-state index is 0.0409. The van der Waals surface area contributed by atoms with Gasteiger partial charge in [0.1, 0.15) is 11.8 Å². The predicted octanol–water partition coefficient (Wildman–Crippen LogP) is 3.73. The van der Waals surface area contributed by atoms with E-state index in [9.17, 15) is 22.0 Å². The molecule has 0 aromatic heterocycles. The summed E-state index contributed by atoms with van der Waals surface area (Å²) in [5.41, 5.74) is 0.349. The number of halogens is 3. The van der Waals surface area contributed by atoms with Crippen molar-refractivity contribution in [2.75, 3.05) is 11.9 Å². The molecular weight excluding hydrogens is 414 g/mol. The molecule has 150 valence electrons. The van der Waals surface area contributed by atoms with Gasteiger partial charge in [-0.2, -0.15) is 13.1 Å². The Morgan fingerprint density at radius 2 is 1.79 bits per heavy atom. The summed E-state index contributed by atoms with van der Waals surface area (Å²) < 4.78 is 55.5. The molecule has 28 heavy (non-hydrogen) atoms. The van der Waals surface area contributed by atoms with E-state index in [1.807, 2.05) is 0 Å². The minimum atomic E-state index is -3.85. The molecule has 6 nitrogen and oxygen atoms in total. The number of hydrogen-bond donors (Lipinski definition) is 1. The van der Waals surface area contributed by atoms with Crippen LogP contribution in [0.4, 0.5) is 14.5 Å². The number of alkyl halides is 2. The van der Waals surface area contributed by atoms with E-state index in [-0.39, 0.29) is 17.2 Å². The van der Waals surface area contributed by atoms with Crippen LogP contribution >= 0.6 is 11.6 Å². The van der Waals surface area contributed by atoms with Gasteiger partial charge in [0.05, 0.1) is 4.90 Å². The maximum Gasteiger partial charge on any atom is 0.387 e. The fourth-order valence-electron chi connectivity index (χ4n) is 2.98. The average molecular weight is 431 g/mol. The largest absolute Gasteiger partial charge is 0.435 e. The van der Waals surface area contributed by atoms with Crippen molar-refractivity contribution >= 4 is 33.2 Å². The summed E-state index contributed by atoms with van der Waals surface area (Å²) in [6, 6.07) is 10.3. The highest BCUT2D eigenvalue weighted by atomic mass is 35.5. The van der Waals surface area contributed by atoms with E-state index in [0.29, 0.717) is 23.6 Å². The molecule has 0 spiro atoms. The number of rotatable bonds is 6. The average Bonchev–Trinajstić information content (AvgIpc) is 3.14. The Kier molecular flexibility index (Phi) is 6.17. The summed E-state index contributed by atoms with van der Waals surface area (Å²) in [6.07, 6.45) is 0.928. The quantitative estimate of drug-likeness (QED) is 0.757. The molecule has 1 saturated heterocycles. The zero-order valence-electron chi connectivity index (χ0n) is 14.5. The first-order valence-electron chi connectivity index (χ1n) is 8.40. The second-order valence-corrected chi connectivity index (χ2v) is 8.45. The molecule has 2 aromatic rings. The fourth-order valence-corrected chi connectivity index (χ4v) is 4.76. The van der Waals surface area contributed by atoms with Gasteiger partial charge >= 0.3 is 6.61 Å². The van der Waals surface area contributed by atoms with Gasteiger partial charge in [-0.25, -0.2) is 8.42 Å². The number of carbonyl (C=O) groups is 1. The number of hydrogen-bond acceptors (Lipinski definition) is 4. The summed E-state index contributed by atoms with van der Waals surface area (Å²) >= 11 is 5.81. The van der Waals surface area contributed by atoms with Gasteiger partial charge in [-0.3, -0.25) is 4.79 Å². The van der Waals surface area contributed by atoms with Crippen molar-refractivity contribution in [2.45, 2.75) is 30.4 Å². The van der Waals surface area contributed by atoms with Gasteiger partial charge in [0.2, 0.25) is 15.9 Å². The van der Waals surface area contributed by atoms with Gasteiger partial charge in [-0.15, -0.1) is 0 Å². The molecule has 0 saturated carbocycles. The van der Waals surface area contributed by atoms with Crippen molar-refractivity contribution in [3.63, 3.8) is 0 Å². The highest BCUT2D eigenvalue weighted by Crippen LogP contribution is 2.28. The van der Waals surface area contributed by atoms with Gasteiger partial charge < -0.3 is 10.1 Å². The van der Waals surface area contributed by atoms with Crippen LogP contribution in [0.5, 0.6) is 5.75 Å². The monoisotopic (exact) mass is 430 g/mol. The SMILES string of the molecule is O=C(Nc1ccc(OC(F)F)cc1)[C@H]1CCCN1S(=O)(=O)c1ccc(Cl)cc1. The molecule has 1 fully saturated rings. The summed E-state index contributed by atoms with van der Waals surface area (Å²) in [4.78, 5) is 12.7. The van der Waals surface area contributed by atoms with Gasteiger partial charge in [-0.1, -0.05) is 11.6 Å². The van der Waals surface area contributed by atoms with Crippen LogP contribution in [-0.2, 0) is 14.8 Å². The van der Waals surface area contributed by atoms with E-state index in [1.165, 1.54) is 52.8 Å². The van der Waals surface area contributed by atoms with Gasteiger partial charge in [0.25, 0.3) is 0 Å². The van der Waals surface area contributed by atoms with Gasteiger partial charge in [0.15, 0.2) is 0 Å². The second kappa shape index (κ2) is 8.42. The third-order valence-corrected chi connectivity index (χ3v) is 6.45. The van der Waals surface area contributed by atoms with Crippen molar-refractivity contribution in [1.82, 2.24) is 4.31 Å². The van der Waals surface area contributed by atoms with E-state index >= 15 is 0 Å². The van der Waals surface area contributed by atoms with Gasteiger partial charge in [0, 0.05) is 17.3 Å². The number of nitrogens with zero attached hydrogens (tertiary/aromatic N) is 1. The Balaban J connectivity index is 1.73. The molecule has 1 N–H and O–H groups in total. The number of nitrogens with one attached hydrogen (secondary N) is 1. The van der Waals surface area contributed by atoms with Crippen LogP contribution in [0.25, 0.3) is 0 Å². The maximum absolute atomic E-state index is 12.9. The molecule has 0 unspecified atom stereocenters. The number of ether oxygens (including phenoxy) is 1. The van der Waals surface area contributed by atoms with Crippen LogP contribution in [0, 0.1) is 0 Å². The molecule has 3 rings (SSSR count). The van der Waals surface area contributed by atoms with E-state index in [1.54, 1.807) is 0 Å². The topological polar surface area (TPSA) is 75.7 Å². The number of sulfonamides is 1. The van der Waals surface area contributed by atoms with Crippen LogP contribution in [0.1, 0.15) is 12.8 Å². The first-order chi connectivity index (χ1) is 13.3. The molecule has 1 amide bonds. The Bertz CT molecular complexity index is 937. The highest BCUT2D eigenvalue weighted by Gasteiger charge is 2.39. The molecule has 1 aliphatic heterocycles. The first kappa shape index (κ1) is 20.5. The van der Waals surface area contributed by atoms with Crippen molar-refractivity contribution in [2.24, 2.45) is 0 Å². The molecule has 0 bridgehead atoms. The standard InChI is InChI=1S/C18H17ClF2N2O4S/c19-12-3-9-15(10-4-12)28(25,26)23-11-1-2-16(23)17(24)22-13-5-7-14(8-6-13)27-18(20)21/h3-10,16,18H,1-2,11H2,(H,22,24)/t16-/m1/s1. The second-order valence-electron chi connectivity index (χ2n) is 6.12. The maximum atomic E-state index is 12.9. The number of carbonyl (C=O) groups excluding carboxylic acids is 1. The number of benzene rings is 2. The molecular formula is C18H17ClF2N2O4S. The lowest BCUT2D eigenvalue weighted by Crippen LogP contribution is -2.43. The molecule has 0 radical (unpaired) electrons. The lowest BCUT2D eigenvalue weighted by molar-refractivity contribution is -0.119. The minimum Gasteiger partial charge on any atom is -0.435 e. The summed E-state index contributed by atoms with van der Waals surface area (Å²) in [5, 5.41) is 3.03. The van der Waals surface area contributed by atoms with Crippen molar-refractivity contribution in [1.29, 1.82) is 0 Å². The number of amides is 1. The van der Waals surface area contributed by atoms with Crippen LogP contribution < -0.4 is 10.1 Å². The van der Waals surface area contributed by atoms with E-state index < -0.39 is 28.6 Å². The Labute approximate surface area is 166 Å². The van der Waals surface area contributed by atoms with Gasteiger partial charge in [-0.05, 0) is 61.4 Å². The fraction of sp³-hybridized carbons (Fsp3) is 0.278. The summed E-state index contributed by atoms with van der Waals surface area (Å²) in [5.74, 6) is -0.529. The zero-order valence-corrected chi connectivity index (χ0v) is 16.1. The van der Waals surface area contributed by atoms with Crippen LogP contribution in [0.3, 0.4) is 0 Å².